The minimum Gasteiger partial charge on any atom is -0.388 e. The number of rotatable bonds is 5. The topological polar surface area (TPSA) is 20.2 Å². The van der Waals surface area contributed by atoms with Crippen LogP contribution in [0.2, 0.25) is 0 Å². The fraction of sp³-hybridized carbons (Fsp3) is 0.538. The average Bonchev–Trinajstić information content (AvgIpc) is 2.76. The quantitative estimate of drug-likeness (QED) is 0.811. The molecule has 2 atom stereocenters. The zero-order valence-corrected chi connectivity index (χ0v) is 11.4. The second kappa shape index (κ2) is 5.30. The second-order valence-corrected chi connectivity index (χ2v) is 6.51. The molecule has 1 N–H and O–H groups in total. The van der Waals surface area contributed by atoms with Gasteiger partial charge in [-0.15, -0.1) is 22.7 Å². The zero-order chi connectivity index (χ0) is 11.5. The molecule has 0 spiro atoms. The largest absolute Gasteiger partial charge is 0.388 e. The summed E-state index contributed by atoms with van der Waals surface area (Å²) in [4.78, 5) is 1.13. The van der Waals surface area contributed by atoms with Crippen molar-refractivity contribution in [2.45, 2.75) is 39.2 Å². The maximum Gasteiger partial charge on any atom is 0.0885 e. The molecular weight excluding hydrogens is 236 g/mol. The molecule has 0 radical (unpaired) electrons. The molecule has 0 aromatic carbocycles. The predicted octanol–water partition coefficient (Wildman–Crippen LogP) is 4.82. The summed E-state index contributed by atoms with van der Waals surface area (Å²) in [5, 5.41) is 12.3. The number of thiophene rings is 2. The van der Waals surface area contributed by atoms with Crippen molar-refractivity contribution in [3.8, 4) is 0 Å². The monoisotopic (exact) mass is 254 g/mol. The molecule has 0 fully saturated rings. The third-order valence-electron chi connectivity index (χ3n) is 2.89. The van der Waals surface area contributed by atoms with Crippen LogP contribution in [0.15, 0.2) is 17.5 Å². The lowest BCUT2D eigenvalue weighted by atomic mass is 9.98. The van der Waals surface area contributed by atoms with Crippen LogP contribution in [0, 0.1) is 5.92 Å². The maximum absolute atomic E-state index is 10.2. The van der Waals surface area contributed by atoms with E-state index in [-0.39, 0.29) is 6.10 Å². The van der Waals surface area contributed by atoms with Crippen LogP contribution in [0.25, 0.3) is 9.40 Å². The molecule has 1 nitrogen and oxygen atoms in total. The Kier molecular flexibility index (Phi) is 4.00. The molecule has 2 unspecified atom stereocenters. The van der Waals surface area contributed by atoms with Crippen LogP contribution in [-0.2, 0) is 0 Å². The normalized spacial score (nSPS) is 15.4. The van der Waals surface area contributed by atoms with Crippen molar-refractivity contribution < 1.29 is 5.11 Å². The van der Waals surface area contributed by atoms with E-state index in [2.05, 4.69) is 31.4 Å². The predicted molar refractivity (Wildman–Crippen MR) is 73.4 cm³/mol. The van der Waals surface area contributed by atoms with Crippen LogP contribution in [0.1, 0.15) is 44.1 Å². The van der Waals surface area contributed by atoms with Crippen LogP contribution in [0.5, 0.6) is 0 Å². The van der Waals surface area contributed by atoms with Crippen molar-refractivity contribution in [2.24, 2.45) is 5.92 Å². The molecule has 0 aliphatic heterocycles. The van der Waals surface area contributed by atoms with Crippen molar-refractivity contribution >= 4 is 32.1 Å². The highest BCUT2D eigenvalue weighted by Gasteiger charge is 2.15. The highest BCUT2D eigenvalue weighted by Crippen LogP contribution is 2.35. The first-order chi connectivity index (χ1) is 7.70. The van der Waals surface area contributed by atoms with E-state index in [0.717, 1.165) is 11.3 Å². The van der Waals surface area contributed by atoms with Gasteiger partial charge in [-0.2, -0.15) is 0 Å². The van der Waals surface area contributed by atoms with Gasteiger partial charge in [-0.1, -0.05) is 26.7 Å². The Morgan fingerprint density at radius 3 is 2.88 bits per heavy atom. The van der Waals surface area contributed by atoms with Crippen LogP contribution < -0.4 is 0 Å². The highest BCUT2D eigenvalue weighted by molar-refractivity contribution is 7.26. The number of aliphatic hydroxyl groups excluding tert-OH is 1. The second-order valence-electron chi connectivity index (χ2n) is 4.44. The molecule has 0 aliphatic rings. The van der Waals surface area contributed by atoms with Gasteiger partial charge in [0, 0.05) is 14.3 Å². The summed E-state index contributed by atoms with van der Waals surface area (Å²) in [6, 6.07) is 4.28. The molecule has 2 aromatic heterocycles. The van der Waals surface area contributed by atoms with Gasteiger partial charge in [0.1, 0.15) is 0 Å². The average molecular weight is 254 g/mol. The van der Waals surface area contributed by atoms with Gasteiger partial charge in [-0.3, -0.25) is 0 Å². The molecule has 0 amide bonds. The summed E-state index contributed by atoms with van der Waals surface area (Å²) < 4.78 is 2.62. The molecule has 3 heteroatoms. The standard InChI is InChI=1S/C13H18OS2/c1-3-4-9(2)7-10(14)12-8-13-11(16-12)5-6-15-13/h5-6,8-10,14H,3-4,7H2,1-2H3. The van der Waals surface area contributed by atoms with Gasteiger partial charge in [0.15, 0.2) is 0 Å². The number of aliphatic hydroxyl groups is 1. The summed E-state index contributed by atoms with van der Waals surface area (Å²) in [5.74, 6) is 0.611. The van der Waals surface area contributed by atoms with Gasteiger partial charge in [0.2, 0.25) is 0 Å². The lowest BCUT2D eigenvalue weighted by Gasteiger charge is -2.14. The molecule has 0 bridgehead atoms. The van der Waals surface area contributed by atoms with E-state index in [1.54, 1.807) is 22.7 Å². The van der Waals surface area contributed by atoms with Crippen molar-refractivity contribution in [3.05, 3.63) is 22.4 Å². The molecule has 88 valence electrons. The Hall–Kier alpha value is -0.380. The third-order valence-corrected chi connectivity index (χ3v) is 5.09. The van der Waals surface area contributed by atoms with E-state index in [4.69, 9.17) is 0 Å². The zero-order valence-electron chi connectivity index (χ0n) is 9.77. The van der Waals surface area contributed by atoms with Gasteiger partial charge in [0.05, 0.1) is 6.10 Å². The van der Waals surface area contributed by atoms with E-state index in [0.29, 0.717) is 5.92 Å². The first kappa shape index (κ1) is 12.1. The molecule has 0 saturated heterocycles. The molecule has 0 saturated carbocycles. The van der Waals surface area contributed by atoms with Crippen molar-refractivity contribution in [2.75, 3.05) is 0 Å². The van der Waals surface area contributed by atoms with Crippen LogP contribution >= 0.6 is 22.7 Å². The van der Waals surface area contributed by atoms with Crippen LogP contribution in [0.3, 0.4) is 0 Å². The molecule has 2 rings (SSSR count). The summed E-state index contributed by atoms with van der Waals surface area (Å²) in [7, 11) is 0. The molecular formula is C13H18OS2. The van der Waals surface area contributed by atoms with E-state index in [1.165, 1.54) is 22.2 Å². The van der Waals surface area contributed by atoms with Gasteiger partial charge in [0.25, 0.3) is 0 Å². The maximum atomic E-state index is 10.2. The SMILES string of the molecule is CCCC(C)CC(O)c1cc2sccc2s1. The molecule has 2 aromatic rings. The Balaban J connectivity index is 2.04. The molecule has 2 heterocycles. The van der Waals surface area contributed by atoms with Crippen molar-refractivity contribution in [1.29, 1.82) is 0 Å². The summed E-state index contributed by atoms with van der Waals surface area (Å²) in [5.41, 5.74) is 0. The summed E-state index contributed by atoms with van der Waals surface area (Å²) >= 11 is 3.49. The Morgan fingerprint density at radius 2 is 2.19 bits per heavy atom. The number of hydrogen-bond donors (Lipinski definition) is 1. The smallest absolute Gasteiger partial charge is 0.0885 e. The first-order valence-electron chi connectivity index (χ1n) is 5.85. The van der Waals surface area contributed by atoms with Gasteiger partial charge in [-0.05, 0) is 29.9 Å². The van der Waals surface area contributed by atoms with Crippen molar-refractivity contribution in [1.82, 2.24) is 0 Å². The van der Waals surface area contributed by atoms with E-state index in [9.17, 15) is 5.11 Å². The Bertz CT molecular complexity index is 415. The lowest BCUT2D eigenvalue weighted by molar-refractivity contribution is 0.148. The summed E-state index contributed by atoms with van der Waals surface area (Å²) in [6.07, 6.45) is 3.03. The summed E-state index contributed by atoms with van der Waals surface area (Å²) in [6.45, 7) is 4.42. The molecule has 16 heavy (non-hydrogen) atoms. The van der Waals surface area contributed by atoms with Gasteiger partial charge < -0.3 is 5.11 Å². The number of hydrogen-bond acceptors (Lipinski definition) is 3. The fourth-order valence-electron chi connectivity index (χ4n) is 2.06. The lowest BCUT2D eigenvalue weighted by Crippen LogP contribution is -2.02. The minimum atomic E-state index is -0.272. The Morgan fingerprint density at radius 1 is 1.38 bits per heavy atom. The van der Waals surface area contributed by atoms with Crippen molar-refractivity contribution in [3.63, 3.8) is 0 Å². The first-order valence-corrected chi connectivity index (χ1v) is 7.55. The fourth-order valence-corrected chi connectivity index (χ4v) is 4.18. The highest BCUT2D eigenvalue weighted by atomic mass is 32.1. The third kappa shape index (κ3) is 2.65. The van der Waals surface area contributed by atoms with E-state index in [1.807, 2.05) is 0 Å². The Labute approximate surface area is 105 Å². The van der Waals surface area contributed by atoms with Crippen LogP contribution in [0.4, 0.5) is 0 Å². The van der Waals surface area contributed by atoms with Gasteiger partial charge >= 0.3 is 0 Å². The van der Waals surface area contributed by atoms with Gasteiger partial charge in [-0.25, -0.2) is 0 Å². The van der Waals surface area contributed by atoms with E-state index >= 15 is 0 Å². The number of fused-ring (bicyclic) bond motifs is 1. The minimum absolute atomic E-state index is 0.272. The van der Waals surface area contributed by atoms with E-state index < -0.39 is 0 Å². The molecule has 0 aliphatic carbocycles. The van der Waals surface area contributed by atoms with Crippen LogP contribution in [-0.4, -0.2) is 5.11 Å².